The number of hydrogen-bond acceptors (Lipinski definition) is 1. The van der Waals surface area contributed by atoms with Crippen LogP contribution in [0.2, 0.25) is 0 Å². The fourth-order valence-corrected chi connectivity index (χ4v) is 4.95. The molecular formula is C27H27N. The Bertz CT molecular complexity index is 1060. The highest BCUT2D eigenvalue weighted by Crippen LogP contribution is 2.44. The summed E-state index contributed by atoms with van der Waals surface area (Å²) in [5, 5.41) is 0. The van der Waals surface area contributed by atoms with E-state index in [2.05, 4.69) is 79.6 Å². The van der Waals surface area contributed by atoms with E-state index in [-0.39, 0.29) is 0 Å². The van der Waals surface area contributed by atoms with Crippen LogP contribution in [0.25, 0.3) is 17.2 Å². The number of rotatable bonds is 3. The fraction of sp³-hybridized carbons (Fsp3) is 0.296. The molecule has 0 bridgehead atoms. The highest BCUT2D eigenvalue weighted by Gasteiger charge is 2.27. The summed E-state index contributed by atoms with van der Waals surface area (Å²) < 4.78 is 0. The predicted octanol–water partition coefficient (Wildman–Crippen LogP) is 6.60. The molecule has 1 atom stereocenters. The summed E-state index contributed by atoms with van der Waals surface area (Å²) >= 11 is 0. The van der Waals surface area contributed by atoms with E-state index in [0.717, 1.165) is 12.1 Å². The zero-order valence-corrected chi connectivity index (χ0v) is 16.8. The molecule has 2 aliphatic carbocycles. The van der Waals surface area contributed by atoms with Gasteiger partial charge in [-0.2, -0.15) is 0 Å². The van der Waals surface area contributed by atoms with Gasteiger partial charge in [-0.25, -0.2) is 0 Å². The summed E-state index contributed by atoms with van der Waals surface area (Å²) in [5.74, 6) is 0.585. The number of aryl methyl sites for hydroxylation is 3. The molecule has 1 nitrogen and oxygen atoms in total. The van der Waals surface area contributed by atoms with Crippen molar-refractivity contribution in [2.75, 3.05) is 0 Å². The molecule has 1 aromatic heterocycles. The van der Waals surface area contributed by atoms with Crippen molar-refractivity contribution in [1.29, 1.82) is 0 Å². The Morgan fingerprint density at radius 1 is 0.964 bits per heavy atom. The lowest BCUT2D eigenvalue weighted by atomic mass is 9.73. The van der Waals surface area contributed by atoms with Crippen molar-refractivity contribution in [3.63, 3.8) is 0 Å². The average Bonchev–Trinajstić information content (AvgIpc) is 2.72. The molecule has 1 heterocycles. The molecule has 0 amide bonds. The lowest BCUT2D eigenvalue weighted by Crippen LogP contribution is -2.16. The molecule has 0 saturated carbocycles. The van der Waals surface area contributed by atoms with Gasteiger partial charge in [0.1, 0.15) is 0 Å². The van der Waals surface area contributed by atoms with Crippen LogP contribution in [0.4, 0.5) is 0 Å². The second kappa shape index (κ2) is 7.05. The van der Waals surface area contributed by atoms with Gasteiger partial charge < -0.3 is 0 Å². The van der Waals surface area contributed by atoms with Gasteiger partial charge in [-0.3, -0.25) is 4.98 Å². The molecule has 28 heavy (non-hydrogen) atoms. The summed E-state index contributed by atoms with van der Waals surface area (Å²) in [6, 6.07) is 16.1. The summed E-state index contributed by atoms with van der Waals surface area (Å²) in [6.07, 6.45) is 12.5. The second-order valence-corrected chi connectivity index (χ2v) is 8.44. The molecule has 1 heteroatoms. The minimum absolute atomic E-state index is 0.585. The van der Waals surface area contributed by atoms with Crippen molar-refractivity contribution in [1.82, 2.24) is 4.98 Å². The minimum atomic E-state index is 0.585. The van der Waals surface area contributed by atoms with Crippen LogP contribution in [0.15, 0.2) is 54.7 Å². The van der Waals surface area contributed by atoms with E-state index in [1.807, 2.05) is 0 Å². The Morgan fingerprint density at radius 2 is 1.89 bits per heavy atom. The molecule has 1 unspecified atom stereocenters. The third kappa shape index (κ3) is 3.09. The average molecular weight is 366 g/mol. The van der Waals surface area contributed by atoms with Crippen LogP contribution < -0.4 is 0 Å². The first-order valence-electron chi connectivity index (χ1n) is 10.5. The molecule has 0 saturated heterocycles. The summed E-state index contributed by atoms with van der Waals surface area (Å²) in [4.78, 5) is 4.48. The van der Waals surface area contributed by atoms with Crippen LogP contribution in [0.3, 0.4) is 0 Å². The molecule has 0 spiro atoms. The van der Waals surface area contributed by atoms with Gasteiger partial charge in [0, 0.05) is 11.9 Å². The number of fused-ring (bicyclic) bond motifs is 5. The highest BCUT2D eigenvalue weighted by molar-refractivity contribution is 5.78. The van der Waals surface area contributed by atoms with Crippen molar-refractivity contribution in [2.24, 2.45) is 0 Å². The van der Waals surface area contributed by atoms with Gasteiger partial charge in [0.25, 0.3) is 0 Å². The summed E-state index contributed by atoms with van der Waals surface area (Å²) in [7, 11) is 0. The molecular weight excluding hydrogens is 338 g/mol. The number of allylic oxidation sites excluding steroid dienone is 1. The van der Waals surface area contributed by atoms with Gasteiger partial charge in [0.05, 0.1) is 0 Å². The van der Waals surface area contributed by atoms with Gasteiger partial charge in [0.2, 0.25) is 0 Å². The zero-order chi connectivity index (χ0) is 19.1. The lowest BCUT2D eigenvalue weighted by molar-refractivity contribution is 0.611. The number of pyridine rings is 1. The fourth-order valence-electron chi connectivity index (χ4n) is 4.95. The molecule has 0 radical (unpaired) electrons. The van der Waals surface area contributed by atoms with Gasteiger partial charge >= 0.3 is 0 Å². The Morgan fingerprint density at radius 3 is 2.75 bits per heavy atom. The first-order chi connectivity index (χ1) is 13.7. The molecule has 0 aliphatic heterocycles. The third-order valence-electron chi connectivity index (χ3n) is 6.47. The standard InChI is InChI=1S/C27H27N/c1-18-7-13-24-22(11-10-20-9-8-19(2)28-17-20)16-27-23-6-4-3-5-21(23)12-14-25(27)26(24)15-18/h3,5,7-9,12-15,17,22H,4,6,10-11,16H2,1-2H3. The highest BCUT2D eigenvalue weighted by atomic mass is 14.7. The minimum Gasteiger partial charge on any atom is -0.261 e. The molecule has 3 aromatic rings. The Labute approximate surface area is 168 Å². The van der Waals surface area contributed by atoms with E-state index < -0.39 is 0 Å². The second-order valence-electron chi connectivity index (χ2n) is 8.44. The Balaban J connectivity index is 1.54. The van der Waals surface area contributed by atoms with Gasteiger partial charge in [-0.1, -0.05) is 54.1 Å². The van der Waals surface area contributed by atoms with E-state index in [0.29, 0.717) is 5.92 Å². The quantitative estimate of drug-likeness (QED) is 0.510. The van der Waals surface area contributed by atoms with Crippen LogP contribution in [-0.2, 0) is 19.3 Å². The van der Waals surface area contributed by atoms with Crippen molar-refractivity contribution in [3.8, 4) is 11.1 Å². The largest absolute Gasteiger partial charge is 0.261 e. The molecule has 2 aliphatic rings. The first-order valence-corrected chi connectivity index (χ1v) is 10.5. The van der Waals surface area contributed by atoms with Gasteiger partial charge in [-0.05, 0) is 96.9 Å². The van der Waals surface area contributed by atoms with E-state index in [1.54, 1.807) is 11.1 Å². The topological polar surface area (TPSA) is 12.9 Å². The van der Waals surface area contributed by atoms with E-state index in [9.17, 15) is 0 Å². The lowest BCUT2D eigenvalue weighted by Gasteiger charge is -2.31. The third-order valence-corrected chi connectivity index (χ3v) is 6.47. The normalized spacial score (nSPS) is 17.0. The molecule has 0 N–H and O–H groups in total. The van der Waals surface area contributed by atoms with Crippen LogP contribution in [-0.4, -0.2) is 4.98 Å². The molecule has 0 fully saturated rings. The number of benzene rings is 2. The van der Waals surface area contributed by atoms with Crippen LogP contribution >= 0.6 is 0 Å². The Kier molecular flexibility index (Phi) is 4.39. The van der Waals surface area contributed by atoms with E-state index >= 15 is 0 Å². The van der Waals surface area contributed by atoms with Crippen molar-refractivity contribution in [3.05, 3.63) is 93.8 Å². The predicted molar refractivity (Wildman–Crippen MR) is 118 cm³/mol. The number of nitrogens with zero attached hydrogens (tertiary/aromatic N) is 1. The first kappa shape index (κ1) is 17.4. The van der Waals surface area contributed by atoms with Crippen molar-refractivity contribution in [2.45, 2.75) is 51.9 Å². The van der Waals surface area contributed by atoms with Gasteiger partial charge in [0.15, 0.2) is 0 Å². The zero-order valence-electron chi connectivity index (χ0n) is 16.8. The van der Waals surface area contributed by atoms with Crippen LogP contribution in [0, 0.1) is 13.8 Å². The van der Waals surface area contributed by atoms with E-state index in [4.69, 9.17) is 0 Å². The summed E-state index contributed by atoms with van der Waals surface area (Å²) in [5.41, 5.74) is 12.9. The number of aromatic nitrogens is 1. The van der Waals surface area contributed by atoms with E-state index in [1.165, 1.54) is 59.1 Å². The summed E-state index contributed by atoms with van der Waals surface area (Å²) in [6.45, 7) is 4.26. The molecule has 5 rings (SSSR count). The molecule has 2 aromatic carbocycles. The van der Waals surface area contributed by atoms with Gasteiger partial charge in [-0.15, -0.1) is 0 Å². The smallest absolute Gasteiger partial charge is 0.0372 e. The van der Waals surface area contributed by atoms with Crippen molar-refractivity contribution >= 4 is 6.08 Å². The maximum absolute atomic E-state index is 4.48. The van der Waals surface area contributed by atoms with Crippen LogP contribution in [0.1, 0.15) is 57.8 Å². The number of hydrogen-bond donors (Lipinski definition) is 0. The SMILES string of the molecule is Cc1ccc2c(c1)-c1ccc3c(c1CC2CCc1ccc(C)nc1)CCC=C3. The Hall–Kier alpha value is -2.67. The van der Waals surface area contributed by atoms with Crippen molar-refractivity contribution < 1.29 is 0 Å². The maximum atomic E-state index is 4.48. The van der Waals surface area contributed by atoms with Crippen LogP contribution in [0.5, 0.6) is 0 Å². The maximum Gasteiger partial charge on any atom is 0.0372 e. The monoisotopic (exact) mass is 365 g/mol. The molecule has 140 valence electrons.